The Morgan fingerprint density at radius 1 is 1.73 bits per heavy atom. The molecule has 4 heteroatoms. The van der Waals surface area contributed by atoms with Gasteiger partial charge >= 0.3 is 0 Å². The normalized spacial score (nSPS) is 12.6. The maximum absolute atomic E-state index is 10.6. The second kappa shape index (κ2) is 6.43. The van der Waals surface area contributed by atoms with Crippen LogP contribution in [0.25, 0.3) is 0 Å². The molecule has 0 bridgehead atoms. The minimum absolute atomic E-state index is 0.0101. The number of nitrogens with one attached hydrogen (secondary N) is 1. The lowest BCUT2D eigenvalue weighted by Crippen LogP contribution is -2.28. The van der Waals surface area contributed by atoms with Crippen molar-refractivity contribution >= 4 is 17.5 Å². The average Bonchev–Trinajstić information content (AvgIpc) is 2.04. The zero-order valence-electron chi connectivity index (χ0n) is 6.89. The smallest absolute Gasteiger partial charge is 0.236 e. The van der Waals surface area contributed by atoms with Crippen molar-refractivity contribution in [2.24, 2.45) is 0 Å². The summed E-state index contributed by atoms with van der Waals surface area (Å²) >= 11 is 5.23. The van der Waals surface area contributed by atoms with Crippen molar-refractivity contribution in [3.63, 3.8) is 0 Å². The van der Waals surface area contributed by atoms with Gasteiger partial charge in [-0.15, -0.1) is 11.6 Å². The minimum Gasteiger partial charge on any atom is -0.358 e. The molecule has 3 nitrogen and oxygen atoms in total. The monoisotopic (exact) mass is 179 g/mol. The van der Waals surface area contributed by atoms with E-state index in [9.17, 15) is 4.79 Å². The summed E-state index contributed by atoms with van der Waals surface area (Å²) in [7, 11) is 0. The van der Waals surface area contributed by atoms with E-state index in [4.69, 9.17) is 16.3 Å². The fraction of sp³-hybridized carbons (Fsp3) is 0.857. The SMILES string of the molecule is CCC(C)OCNC(=O)CCl. The number of rotatable bonds is 5. The van der Waals surface area contributed by atoms with Gasteiger partial charge in [0.25, 0.3) is 0 Å². The van der Waals surface area contributed by atoms with Crippen LogP contribution < -0.4 is 5.32 Å². The van der Waals surface area contributed by atoms with Crippen LogP contribution in [0.5, 0.6) is 0 Å². The van der Waals surface area contributed by atoms with Gasteiger partial charge in [0.15, 0.2) is 0 Å². The summed E-state index contributed by atoms with van der Waals surface area (Å²) in [6.07, 6.45) is 1.13. The molecule has 11 heavy (non-hydrogen) atoms. The highest BCUT2D eigenvalue weighted by Crippen LogP contribution is 1.93. The highest BCUT2D eigenvalue weighted by Gasteiger charge is 1.99. The van der Waals surface area contributed by atoms with Crippen molar-refractivity contribution in [1.29, 1.82) is 0 Å². The predicted octanol–water partition coefficient (Wildman–Crippen LogP) is 1.11. The quantitative estimate of drug-likeness (QED) is 0.507. The fourth-order valence-electron chi connectivity index (χ4n) is 0.430. The number of halogens is 1. The maximum atomic E-state index is 10.6. The molecule has 0 aliphatic heterocycles. The molecule has 1 amide bonds. The van der Waals surface area contributed by atoms with Gasteiger partial charge < -0.3 is 10.1 Å². The molecule has 0 aromatic heterocycles. The molecule has 0 saturated carbocycles. The summed E-state index contributed by atoms with van der Waals surface area (Å²) in [6.45, 7) is 4.22. The molecule has 0 rings (SSSR count). The summed E-state index contributed by atoms with van der Waals surface area (Å²) in [6, 6.07) is 0. The number of carbonyl (C=O) groups excluding carboxylic acids is 1. The van der Waals surface area contributed by atoms with Gasteiger partial charge in [-0.05, 0) is 13.3 Å². The summed E-state index contributed by atoms with van der Waals surface area (Å²) in [4.78, 5) is 10.6. The average molecular weight is 180 g/mol. The molecule has 0 aliphatic carbocycles. The van der Waals surface area contributed by atoms with Crippen molar-refractivity contribution in [2.75, 3.05) is 12.6 Å². The number of carbonyl (C=O) groups is 1. The van der Waals surface area contributed by atoms with Gasteiger partial charge in [-0.25, -0.2) is 0 Å². The van der Waals surface area contributed by atoms with E-state index < -0.39 is 0 Å². The van der Waals surface area contributed by atoms with Gasteiger partial charge in [0.1, 0.15) is 12.6 Å². The van der Waals surface area contributed by atoms with Gasteiger partial charge in [-0.1, -0.05) is 6.92 Å². The summed E-state index contributed by atoms with van der Waals surface area (Å²) < 4.78 is 5.17. The van der Waals surface area contributed by atoms with E-state index >= 15 is 0 Å². The van der Waals surface area contributed by atoms with Crippen LogP contribution in [0.3, 0.4) is 0 Å². The molecule has 1 unspecified atom stereocenters. The van der Waals surface area contributed by atoms with Crippen LogP contribution in [0.1, 0.15) is 20.3 Å². The first-order valence-electron chi connectivity index (χ1n) is 3.65. The lowest BCUT2D eigenvalue weighted by molar-refractivity contribution is -0.120. The van der Waals surface area contributed by atoms with E-state index in [1.807, 2.05) is 13.8 Å². The Bertz CT molecular complexity index is 119. The largest absolute Gasteiger partial charge is 0.358 e. The molecule has 0 spiro atoms. The van der Waals surface area contributed by atoms with E-state index in [1.165, 1.54) is 0 Å². The zero-order chi connectivity index (χ0) is 8.69. The molecule has 66 valence electrons. The Hall–Kier alpha value is -0.280. The second-order valence-corrected chi connectivity index (χ2v) is 2.53. The van der Waals surface area contributed by atoms with Crippen LogP contribution in [0, 0.1) is 0 Å². The van der Waals surface area contributed by atoms with Crippen molar-refractivity contribution in [3.05, 3.63) is 0 Å². The predicted molar refractivity (Wildman–Crippen MR) is 44.6 cm³/mol. The molecule has 0 heterocycles. The summed E-state index contributed by atoms with van der Waals surface area (Å²) in [5.41, 5.74) is 0. The van der Waals surface area contributed by atoms with Crippen molar-refractivity contribution < 1.29 is 9.53 Å². The maximum Gasteiger partial charge on any atom is 0.236 e. The molecule has 1 N–H and O–H groups in total. The standard InChI is InChI=1S/C7H14ClNO2/c1-3-6(2)11-5-9-7(10)4-8/h6H,3-5H2,1-2H3,(H,9,10). The summed E-state index contributed by atoms with van der Waals surface area (Å²) in [5, 5.41) is 2.50. The molecule has 1 atom stereocenters. The minimum atomic E-state index is -0.199. The van der Waals surface area contributed by atoms with E-state index in [2.05, 4.69) is 5.32 Å². The molecular formula is C7H14ClNO2. The first-order chi connectivity index (χ1) is 5.20. The number of hydrogen-bond donors (Lipinski definition) is 1. The highest BCUT2D eigenvalue weighted by molar-refractivity contribution is 6.27. The molecule has 0 saturated heterocycles. The van der Waals surface area contributed by atoms with Crippen LogP contribution in [-0.4, -0.2) is 24.6 Å². The first-order valence-corrected chi connectivity index (χ1v) is 4.18. The van der Waals surface area contributed by atoms with Gasteiger partial charge in [0, 0.05) is 0 Å². The third-order valence-corrected chi connectivity index (χ3v) is 1.58. The Labute approximate surface area is 72.1 Å². The van der Waals surface area contributed by atoms with Crippen LogP contribution >= 0.6 is 11.6 Å². The number of hydrogen-bond acceptors (Lipinski definition) is 2. The van der Waals surface area contributed by atoms with Gasteiger partial charge in [0.05, 0.1) is 6.10 Å². The van der Waals surface area contributed by atoms with E-state index in [-0.39, 0.29) is 24.6 Å². The number of ether oxygens (including phenoxy) is 1. The Kier molecular flexibility index (Phi) is 6.27. The first kappa shape index (κ1) is 10.7. The van der Waals surface area contributed by atoms with Gasteiger partial charge in [0.2, 0.25) is 5.91 Å². The third kappa shape index (κ3) is 6.13. The third-order valence-electron chi connectivity index (χ3n) is 1.33. The van der Waals surface area contributed by atoms with E-state index in [0.29, 0.717) is 0 Å². The van der Waals surface area contributed by atoms with E-state index in [0.717, 1.165) is 6.42 Å². The summed E-state index contributed by atoms with van der Waals surface area (Å²) in [5.74, 6) is -0.209. The molecule has 0 aromatic carbocycles. The van der Waals surface area contributed by atoms with Crippen LogP contribution in [0.4, 0.5) is 0 Å². The molecule has 0 fully saturated rings. The van der Waals surface area contributed by atoms with Gasteiger partial charge in [-0.3, -0.25) is 4.79 Å². The zero-order valence-corrected chi connectivity index (χ0v) is 7.65. The Morgan fingerprint density at radius 2 is 2.36 bits per heavy atom. The number of alkyl halides is 1. The lowest BCUT2D eigenvalue weighted by Gasteiger charge is -2.10. The Morgan fingerprint density at radius 3 is 2.82 bits per heavy atom. The van der Waals surface area contributed by atoms with Crippen LogP contribution in [0.15, 0.2) is 0 Å². The van der Waals surface area contributed by atoms with Crippen molar-refractivity contribution in [1.82, 2.24) is 5.32 Å². The van der Waals surface area contributed by atoms with E-state index in [1.54, 1.807) is 0 Å². The molecule has 0 aromatic rings. The number of amides is 1. The molecular weight excluding hydrogens is 166 g/mol. The van der Waals surface area contributed by atoms with Crippen molar-refractivity contribution in [3.8, 4) is 0 Å². The van der Waals surface area contributed by atoms with Crippen LogP contribution in [0.2, 0.25) is 0 Å². The van der Waals surface area contributed by atoms with Gasteiger partial charge in [-0.2, -0.15) is 0 Å². The van der Waals surface area contributed by atoms with Crippen molar-refractivity contribution in [2.45, 2.75) is 26.4 Å². The topological polar surface area (TPSA) is 38.3 Å². The Balaban J connectivity index is 3.20. The fourth-order valence-corrected chi connectivity index (χ4v) is 0.524. The highest BCUT2D eigenvalue weighted by atomic mass is 35.5. The molecule has 0 radical (unpaired) electrons. The molecule has 0 aliphatic rings. The lowest BCUT2D eigenvalue weighted by atomic mass is 10.3. The second-order valence-electron chi connectivity index (χ2n) is 2.26. The van der Waals surface area contributed by atoms with Crippen LogP contribution in [-0.2, 0) is 9.53 Å².